The Morgan fingerprint density at radius 1 is 1.43 bits per heavy atom. The van der Waals surface area contributed by atoms with E-state index in [4.69, 9.17) is 12.7 Å². The van der Waals surface area contributed by atoms with Gasteiger partial charge in [0.2, 0.25) is 0 Å². The van der Waals surface area contributed by atoms with E-state index in [1.807, 2.05) is 13.8 Å². The third-order valence-electron chi connectivity index (χ3n) is 2.35. The summed E-state index contributed by atoms with van der Waals surface area (Å²) in [4.78, 5) is 5.35. The molecular weight excluding hydrogens is 177 g/mol. The Kier molecular flexibility index (Phi) is 4.85. The second-order valence-corrected chi connectivity index (χ2v) is 4.47. The molecule has 0 rings (SSSR count). The number of aliphatic hydroxyl groups is 1. The van der Waals surface area contributed by atoms with Crippen LogP contribution in [0.3, 0.4) is 0 Å². The van der Waals surface area contributed by atoms with Crippen molar-refractivity contribution in [1.29, 1.82) is 0 Å². The van der Waals surface area contributed by atoms with Gasteiger partial charge in [-0.3, -0.25) is 4.84 Å². The maximum absolute atomic E-state index is 9.75. The van der Waals surface area contributed by atoms with Gasteiger partial charge in [0, 0.05) is 6.54 Å². The van der Waals surface area contributed by atoms with Crippen LogP contribution in [-0.2, 0) is 4.84 Å². The largest absolute Gasteiger partial charge is 0.387 e. The van der Waals surface area contributed by atoms with Gasteiger partial charge in [0.1, 0.15) is 13.4 Å². The van der Waals surface area contributed by atoms with Crippen LogP contribution in [0.15, 0.2) is 12.1 Å². The highest BCUT2D eigenvalue weighted by atomic mass is 16.7. The van der Waals surface area contributed by atoms with E-state index < -0.39 is 11.2 Å². The predicted octanol–water partition coefficient (Wildman–Crippen LogP) is 1.13. The molecule has 0 saturated heterocycles. The van der Waals surface area contributed by atoms with Crippen LogP contribution in [0.4, 0.5) is 0 Å². The third-order valence-corrected chi connectivity index (χ3v) is 2.35. The molecule has 0 atom stereocenters. The summed E-state index contributed by atoms with van der Waals surface area (Å²) in [5.41, 5.74) is 1.82. The van der Waals surface area contributed by atoms with Crippen LogP contribution in [-0.4, -0.2) is 30.7 Å². The Bertz CT molecular complexity index is 197. The van der Waals surface area contributed by atoms with Crippen LogP contribution in [0.1, 0.15) is 34.1 Å². The molecule has 0 heterocycles. The maximum Gasteiger partial charge on any atom is 0.112 e. The van der Waals surface area contributed by atoms with Crippen LogP contribution in [0, 0.1) is 0 Å². The molecule has 0 aliphatic rings. The molecule has 0 amide bonds. The molecule has 0 bridgehead atoms. The van der Waals surface area contributed by atoms with Crippen molar-refractivity contribution in [2.75, 3.05) is 6.54 Å². The fourth-order valence-corrected chi connectivity index (χ4v) is 0.568. The Labute approximate surface area is 87.9 Å². The van der Waals surface area contributed by atoms with Gasteiger partial charge in [-0.1, -0.05) is 0 Å². The lowest BCUT2D eigenvalue weighted by molar-refractivity contribution is -0.182. The molecule has 0 spiro atoms. The summed E-state index contributed by atoms with van der Waals surface area (Å²) in [6.07, 6.45) is 0.655. The molecule has 0 aromatic carbocycles. The number of hydroxylamine groups is 1. The first-order valence-corrected chi connectivity index (χ1v) is 4.73. The van der Waals surface area contributed by atoms with Gasteiger partial charge in [0.25, 0.3) is 0 Å². The van der Waals surface area contributed by atoms with E-state index in [0.717, 1.165) is 0 Å². The standard InChI is InChI=1S/C10H20BNO2/c1-8(11)6-7-12-14-10(4,5)9(2,3)13/h12-13H,1,6-7H2,2-5H3. The number of hydrogen-bond acceptors (Lipinski definition) is 3. The molecule has 0 aromatic heterocycles. The first kappa shape index (κ1) is 13.7. The van der Waals surface area contributed by atoms with Crippen molar-refractivity contribution in [3.63, 3.8) is 0 Å². The fourth-order valence-electron chi connectivity index (χ4n) is 0.568. The van der Waals surface area contributed by atoms with E-state index in [1.165, 1.54) is 0 Å². The van der Waals surface area contributed by atoms with E-state index >= 15 is 0 Å². The summed E-state index contributed by atoms with van der Waals surface area (Å²) < 4.78 is 0. The van der Waals surface area contributed by atoms with Crippen molar-refractivity contribution in [1.82, 2.24) is 5.48 Å². The lowest BCUT2D eigenvalue weighted by Crippen LogP contribution is -2.50. The van der Waals surface area contributed by atoms with E-state index in [9.17, 15) is 5.11 Å². The van der Waals surface area contributed by atoms with Crippen molar-refractivity contribution in [2.24, 2.45) is 0 Å². The van der Waals surface area contributed by atoms with E-state index in [2.05, 4.69) is 12.1 Å². The molecule has 0 aliphatic heterocycles. The molecule has 0 saturated carbocycles. The Hall–Kier alpha value is -0.315. The van der Waals surface area contributed by atoms with Crippen molar-refractivity contribution >= 4 is 7.85 Å². The lowest BCUT2D eigenvalue weighted by atomic mass is 9.90. The van der Waals surface area contributed by atoms with Crippen LogP contribution >= 0.6 is 0 Å². The van der Waals surface area contributed by atoms with Crippen molar-refractivity contribution in [2.45, 2.75) is 45.3 Å². The monoisotopic (exact) mass is 197 g/mol. The van der Waals surface area contributed by atoms with Crippen molar-refractivity contribution in [3.05, 3.63) is 12.1 Å². The van der Waals surface area contributed by atoms with Gasteiger partial charge < -0.3 is 5.11 Å². The average molecular weight is 197 g/mol. The van der Waals surface area contributed by atoms with Crippen LogP contribution in [0.25, 0.3) is 0 Å². The molecular formula is C10H20BNO2. The molecule has 2 N–H and O–H groups in total. The quantitative estimate of drug-likeness (QED) is 0.381. The zero-order chi connectivity index (χ0) is 11.4. The minimum absolute atomic E-state index is 0.592. The molecule has 0 unspecified atom stereocenters. The van der Waals surface area contributed by atoms with Gasteiger partial charge in [0.05, 0.1) is 5.60 Å². The summed E-state index contributed by atoms with van der Waals surface area (Å²) >= 11 is 0. The van der Waals surface area contributed by atoms with Gasteiger partial charge in [-0.05, 0) is 34.1 Å². The predicted molar refractivity (Wildman–Crippen MR) is 59.0 cm³/mol. The molecule has 0 fully saturated rings. The zero-order valence-corrected chi connectivity index (χ0v) is 9.55. The minimum atomic E-state index is -0.903. The molecule has 3 nitrogen and oxygen atoms in total. The summed E-state index contributed by atoms with van der Waals surface area (Å²) in [6, 6.07) is 0. The summed E-state index contributed by atoms with van der Waals surface area (Å²) in [7, 11) is 5.39. The summed E-state index contributed by atoms with van der Waals surface area (Å²) in [6.45, 7) is 11.2. The second-order valence-electron chi connectivity index (χ2n) is 4.47. The smallest absolute Gasteiger partial charge is 0.112 e. The highest BCUT2D eigenvalue weighted by molar-refractivity contribution is 6.21. The highest BCUT2D eigenvalue weighted by Crippen LogP contribution is 2.23. The van der Waals surface area contributed by atoms with Crippen molar-refractivity contribution < 1.29 is 9.94 Å². The summed E-state index contributed by atoms with van der Waals surface area (Å²) in [5.74, 6) is 0. The summed E-state index contributed by atoms with van der Waals surface area (Å²) in [5, 5.41) is 9.75. The molecule has 80 valence electrons. The van der Waals surface area contributed by atoms with E-state index in [0.29, 0.717) is 18.4 Å². The first-order valence-electron chi connectivity index (χ1n) is 4.73. The number of hydrogen-bond donors (Lipinski definition) is 2. The van der Waals surface area contributed by atoms with E-state index in [-0.39, 0.29) is 0 Å². The normalized spacial score (nSPS) is 12.9. The molecule has 2 radical (unpaired) electrons. The molecule has 0 aromatic rings. The second kappa shape index (κ2) is 4.96. The topological polar surface area (TPSA) is 41.5 Å². The number of rotatable bonds is 6. The van der Waals surface area contributed by atoms with Gasteiger partial charge >= 0.3 is 0 Å². The van der Waals surface area contributed by atoms with Crippen LogP contribution < -0.4 is 5.48 Å². The Morgan fingerprint density at radius 3 is 2.29 bits per heavy atom. The van der Waals surface area contributed by atoms with Crippen LogP contribution in [0.5, 0.6) is 0 Å². The number of nitrogens with one attached hydrogen (secondary N) is 1. The minimum Gasteiger partial charge on any atom is -0.387 e. The highest BCUT2D eigenvalue weighted by Gasteiger charge is 2.36. The van der Waals surface area contributed by atoms with Gasteiger partial charge in [-0.2, -0.15) is 0 Å². The lowest BCUT2D eigenvalue weighted by Gasteiger charge is -2.36. The van der Waals surface area contributed by atoms with E-state index in [1.54, 1.807) is 13.8 Å². The molecule has 14 heavy (non-hydrogen) atoms. The average Bonchev–Trinajstić information content (AvgIpc) is 1.95. The van der Waals surface area contributed by atoms with Crippen molar-refractivity contribution in [3.8, 4) is 0 Å². The third kappa shape index (κ3) is 4.79. The van der Waals surface area contributed by atoms with Gasteiger partial charge in [-0.25, -0.2) is 5.48 Å². The fraction of sp³-hybridized carbons (Fsp3) is 0.800. The molecule has 4 heteroatoms. The van der Waals surface area contributed by atoms with Crippen LogP contribution in [0.2, 0.25) is 0 Å². The van der Waals surface area contributed by atoms with Gasteiger partial charge in [-0.15, -0.1) is 12.1 Å². The maximum atomic E-state index is 9.75. The Balaban J connectivity index is 3.83. The zero-order valence-electron chi connectivity index (χ0n) is 9.55. The molecule has 0 aliphatic carbocycles. The SMILES string of the molecule is [B]C(=C)CCNOC(C)(C)C(C)(C)O. The first-order chi connectivity index (χ1) is 6.17. The Morgan fingerprint density at radius 2 is 1.93 bits per heavy atom. The van der Waals surface area contributed by atoms with Gasteiger partial charge in [0.15, 0.2) is 0 Å².